The molecule has 0 bridgehead atoms. The summed E-state index contributed by atoms with van der Waals surface area (Å²) >= 11 is 1.69. The summed E-state index contributed by atoms with van der Waals surface area (Å²) in [6.07, 6.45) is 1.83. The Bertz CT molecular complexity index is 711. The van der Waals surface area contributed by atoms with Gasteiger partial charge >= 0.3 is 0 Å². The number of rotatable bonds is 4. The molecule has 0 aliphatic carbocycles. The molecule has 21 heavy (non-hydrogen) atoms. The highest BCUT2D eigenvalue weighted by atomic mass is 32.1. The number of nitrogens with zero attached hydrogens (tertiary/aromatic N) is 3. The molecule has 0 amide bonds. The van der Waals surface area contributed by atoms with Gasteiger partial charge in [-0.2, -0.15) is 10.1 Å². The number of thiophene rings is 1. The van der Waals surface area contributed by atoms with E-state index in [2.05, 4.69) is 31.7 Å². The van der Waals surface area contributed by atoms with Crippen molar-refractivity contribution in [2.75, 3.05) is 13.1 Å². The lowest BCUT2D eigenvalue weighted by molar-refractivity contribution is 0.422. The third-order valence-corrected chi connectivity index (χ3v) is 4.57. The average Bonchev–Trinajstić information content (AvgIpc) is 3.28. The number of aromatic nitrogens is 4. The lowest BCUT2D eigenvalue weighted by atomic mass is 10.1. The summed E-state index contributed by atoms with van der Waals surface area (Å²) in [5, 5.41) is 16.8. The van der Waals surface area contributed by atoms with Crippen LogP contribution in [-0.4, -0.2) is 33.4 Å². The summed E-state index contributed by atoms with van der Waals surface area (Å²) < 4.78 is 5.32. The van der Waals surface area contributed by atoms with E-state index < -0.39 is 0 Å². The molecule has 1 saturated heterocycles. The minimum absolute atomic E-state index is 0.481. The van der Waals surface area contributed by atoms with Gasteiger partial charge in [-0.3, -0.25) is 5.10 Å². The third kappa shape index (κ3) is 2.62. The van der Waals surface area contributed by atoms with Crippen LogP contribution in [0.25, 0.3) is 11.6 Å². The fourth-order valence-electron chi connectivity index (χ4n) is 2.57. The molecule has 1 fully saturated rings. The minimum atomic E-state index is 0.481. The first-order valence-corrected chi connectivity index (χ1v) is 7.88. The van der Waals surface area contributed by atoms with Gasteiger partial charge in [0.25, 0.3) is 5.89 Å². The predicted octanol–water partition coefficient (Wildman–Crippen LogP) is 2.19. The van der Waals surface area contributed by atoms with Crippen LogP contribution in [0, 0.1) is 0 Å². The van der Waals surface area contributed by atoms with Crippen molar-refractivity contribution in [3.05, 3.63) is 40.0 Å². The molecule has 3 aromatic heterocycles. The standard InChI is InChI=1S/C14H15N5OS/c1-2-10(21-5-1)6-13-16-14(20-19-13)12-7-11(17-18-12)9-3-4-15-8-9/h1-2,5,7,9,15H,3-4,6,8H2,(H,17,18). The van der Waals surface area contributed by atoms with Crippen molar-refractivity contribution in [1.82, 2.24) is 25.7 Å². The van der Waals surface area contributed by atoms with Gasteiger partial charge in [-0.25, -0.2) is 0 Å². The van der Waals surface area contributed by atoms with Crippen LogP contribution in [0.3, 0.4) is 0 Å². The SMILES string of the molecule is c1csc(Cc2noc(-c3cc(C4CCNC4)[nH]n3)n2)c1. The third-order valence-electron chi connectivity index (χ3n) is 3.70. The summed E-state index contributed by atoms with van der Waals surface area (Å²) in [7, 11) is 0. The van der Waals surface area contributed by atoms with E-state index in [0.717, 1.165) is 30.9 Å². The van der Waals surface area contributed by atoms with Gasteiger partial charge in [0.15, 0.2) is 11.5 Å². The maximum Gasteiger partial charge on any atom is 0.278 e. The van der Waals surface area contributed by atoms with Gasteiger partial charge in [0.1, 0.15) is 0 Å². The van der Waals surface area contributed by atoms with Crippen LogP contribution in [-0.2, 0) is 6.42 Å². The lowest BCUT2D eigenvalue weighted by Crippen LogP contribution is -2.08. The molecule has 6 nitrogen and oxygen atoms in total. The Kier molecular flexibility index (Phi) is 3.28. The van der Waals surface area contributed by atoms with Crippen molar-refractivity contribution < 1.29 is 4.52 Å². The summed E-state index contributed by atoms with van der Waals surface area (Å²) in [4.78, 5) is 5.65. The van der Waals surface area contributed by atoms with Crippen molar-refractivity contribution in [1.29, 1.82) is 0 Å². The van der Waals surface area contributed by atoms with Crippen molar-refractivity contribution in [2.24, 2.45) is 0 Å². The average molecular weight is 301 g/mol. The Labute approximate surface area is 125 Å². The van der Waals surface area contributed by atoms with Crippen molar-refractivity contribution >= 4 is 11.3 Å². The first kappa shape index (κ1) is 12.7. The zero-order valence-electron chi connectivity index (χ0n) is 11.4. The molecular formula is C14H15N5OS. The zero-order valence-corrected chi connectivity index (χ0v) is 12.2. The second-order valence-electron chi connectivity index (χ2n) is 5.17. The number of hydrogen-bond donors (Lipinski definition) is 2. The Morgan fingerprint density at radius 1 is 1.43 bits per heavy atom. The molecule has 2 N–H and O–H groups in total. The number of aromatic amines is 1. The van der Waals surface area contributed by atoms with Crippen molar-refractivity contribution in [3.63, 3.8) is 0 Å². The van der Waals surface area contributed by atoms with E-state index in [1.54, 1.807) is 11.3 Å². The fraction of sp³-hybridized carbons (Fsp3) is 0.357. The minimum Gasteiger partial charge on any atom is -0.332 e. The van der Waals surface area contributed by atoms with E-state index in [-0.39, 0.29) is 0 Å². The van der Waals surface area contributed by atoms with Crippen LogP contribution in [0.2, 0.25) is 0 Å². The quantitative estimate of drug-likeness (QED) is 0.772. The van der Waals surface area contributed by atoms with Gasteiger partial charge in [0.2, 0.25) is 0 Å². The smallest absolute Gasteiger partial charge is 0.278 e. The fourth-order valence-corrected chi connectivity index (χ4v) is 3.28. The number of nitrogens with one attached hydrogen (secondary N) is 2. The highest BCUT2D eigenvalue weighted by molar-refractivity contribution is 7.09. The Morgan fingerprint density at radius 3 is 3.24 bits per heavy atom. The number of hydrogen-bond acceptors (Lipinski definition) is 6. The molecule has 0 saturated carbocycles. The first-order valence-electron chi connectivity index (χ1n) is 7.00. The molecule has 7 heteroatoms. The monoisotopic (exact) mass is 301 g/mol. The molecule has 0 spiro atoms. The summed E-state index contributed by atoms with van der Waals surface area (Å²) in [5.74, 6) is 1.68. The first-order chi connectivity index (χ1) is 10.4. The van der Waals surface area contributed by atoms with Gasteiger partial charge in [-0.05, 0) is 30.5 Å². The highest BCUT2D eigenvalue weighted by Crippen LogP contribution is 2.24. The van der Waals surface area contributed by atoms with Gasteiger partial charge in [-0.1, -0.05) is 11.2 Å². The molecule has 0 radical (unpaired) electrons. The second-order valence-corrected chi connectivity index (χ2v) is 6.20. The normalized spacial score (nSPS) is 18.4. The van der Waals surface area contributed by atoms with Crippen LogP contribution in [0.15, 0.2) is 28.1 Å². The molecule has 3 aromatic rings. The number of H-pyrrole nitrogens is 1. The molecule has 1 aliphatic heterocycles. The Hall–Kier alpha value is -1.99. The second kappa shape index (κ2) is 5.42. The van der Waals surface area contributed by atoms with Gasteiger partial charge < -0.3 is 9.84 Å². The lowest BCUT2D eigenvalue weighted by Gasteiger charge is -2.02. The molecule has 1 atom stereocenters. The highest BCUT2D eigenvalue weighted by Gasteiger charge is 2.20. The van der Waals surface area contributed by atoms with E-state index in [9.17, 15) is 0 Å². The predicted molar refractivity (Wildman–Crippen MR) is 79.2 cm³/mol. The van der Waals surface area contributed by atoms with E-state index >= 15 is 0 Å². The van der Waals surface area contributed by atoms with Gasteiger partial charge in [0.05, 0.1) is 0 Å². The van der Waals surface area contributed by atoms with Gasteiger partial charge in [0, 0.05) is 29.5 Å². The largest absolute Gasteiger partial charge is 0.332 e. The molecule has 4 heterocycles. The molecular weight excluding hydrogens is 286 g/mol. The van der Waals surface area contributed by atoms with Gasteiger partial charge in [-0.15, -0.1) is 11.3 Å². The summed E-state index contributed by atoms with van der Waals surface area (Å²) in [5.41, 5.74) is 1.86. The van der Waals surface area contributed by atoms with Crippen LogP contribution >= 0.6 is 11.3 Å². The maximum absolute atomic E-state index is 5.32. The molecule has 1 aliphatic rings. The van der Waals surface area contributed by atoms with Crippen LogP contribution in [0.1, 0.15) is 28.7 Å². The molecule has 1 unspecified atom stereocenters. The van der Waals surface area contributed by atoms with E-state index in [4.69, 9.17) is 4.52 Å². The Balaban J connectivity index is 1.52. The topological polar surface area (TPSA) is 79.6 Å². The van der Waals surface area contributed by atoms with E-state index in [1.165, 1.54) is 4.88 Å². The molecule has 108 valence electrons. The summed E-state index contributed by atoms with van der Waals surface area (Å²) in [6, 6.07) is 6.11. The van der Waals surface area contributed by atoms with Crippen LogP contribution < -0.4 is 5.32 Å². The zero-order chi connectivity index (χ0) is 14.1. The van der Waals surface area contributed by atoms with Crippen molar-refractivity contribution in [2.45, 2.75) is 18.8 Å². The molecule has 0 aromatic carbocycles. The van der Waals surface area contributed by atoms with Crippen molar-refractivity contribution in [3.8, 4) is 11.6 Å². The van der Waals surface area contributed by atoms with Crippen LogP contribution in [0.5, 0.6) is 0 Å². The Morgan fingerprint density at radius 2 is 2.43 bits per heavy atom. The summed E-state index contributed by atoms with van der Waals surface area (Å²) in [6.45, 7) is 2.06. The van der Waals surface area contributed by atoms with Crippen LogP contribution in [0.4, 0.5) is 0 Å². The maximum atomic E-state index is 5.32. The van der Waals surface area contributed by atoms with E-state index in [0.29, 0.717) is 24.1 Å². The molecule has 4 rings (SSSR count). The van der Waals surface area contributed by atoms with E-state index in [1.807, 2.05) is 17.5 Å².